The number of rotatable bonds is 9. The standard InChI is InChI=1S/C15H22N2O5/c1-4-5-13(15(19)20)16-9-14(18)17-10-6-11(21-2)8-12(7-10)22-3/h6-8,13,16H,4-5,9H2,1-3H3,(H,17,18)(H,19,20). The number of carbonyl (C=O) groups is 2. The zero-order valence-electron chi connectivity index (χ0n) is 13.0. The lowest BCUT2D eigenvalue weighted by Crippen LogP contribution is -2.41. The van der Waals surface area contributed by atoms with Crippen LogP contribution in [0.1, 0.15) is 19.8 Å². The van der Waals surface area contributed by atoms with E-state index in [1.54, 1.807) is 18.2 Å². The first-order valence-electron chi connectivity index (χ1n) is 6.99. The number of methoxy groups -OCH3 is 2. The van der Waals surface area contributed by atoms with Gasteiger partial charge in [-0.05, 0) is 6.42 Å². The van der Waals surface area contributed by atoms with E-state index in [0.29, 0.717) is 23.6 Å². The van der Waals surface area contributed by atoms with E-state index in [1.165, 1.54) is 14.2 Å². The van der Waals surface area contributed by atoms with Gasteiger partial charge in [0.2, 0.25) is 5.91 Å². The molecule has 22 heavy (non-hydrogen) atoms. The minimum atomic E-state index is -0.960. The number of hydrogen-bond donors (Lipinski definition) is 3. The van der Waals surface area contributed by atoms with E-state index in [0.717, 1.165) is 6.42 Å². The molecule has 3 N–H and O–H groups in total. The number of carboxylic acids is 1. The van der Waals surface area contributed by atoms with Crippen LogP contribution in [0.25, 0.3) is 0 Å². The molecule has 0 aromatic heterocycles. The summed E-state index contributed by atoms with van der Waals surface area (Å²) in [4.78, 5) is 22.9. The molecule has 0 aliphatic heterocycles. The molecule has 0 radical (unpaired) electrons. The molecule has 0 aliphatic carbocycles. The van der Waals surface area contributed by atoms with Crippen molar-refractivity contribution >= 4 is 17.6 Å². The molecule has 1 aromatic carbocycles. The van der Waals surface area contributed by atoms with Gasteiger partial charge in [0.1, 0.15) is 17.5 Å². The topological polar surface area (TPSA) is 96.9 Å². The third kappa shape index (κ3) is 5.61. The fraction of sp³-hybridized carbons (Fsp3) is 0.467. The largest absolute Gasteiger partial charge is 0.497 e. The van der Waals surface area contributed by atoms with Crippen LogP contribution < -0.4 is 20.1 Å². The van der Waals surface area contributed by atoms with Crippen LogP contribution in [-0.4, -0.2) is 43.8 Å². The normalized spacial score (nSPS) is 11.6. The molecule has 0 spiro atoms. The Balaban J connectivity index is 2.63. The molecule has 1 amide bonds. The summed E-state index contributed by atoms with van der Waals surface area (Å²) in [5.41, 5.74) is 0.519. The third-order valence-corrected chi connectivity index (χ3v) is 3.02. The Morgan fingerprint density at radius 1 is 1.18 bits per heavy atom. The number of carboxylic acid groups (broad SMARTS) is 1. The van der Waals surface area contributed by atoms with Crippen molar-refractivity contribution < 1.29 is 24.2 Å². The SMILES string of the molecule is CCCC(NCC(=O)Nc1cc(OC)cc(OC)c1)C(=O)O. The zero-order chi connectivity index (χ0) is 16.5. The van der Waals surface area contributed by atoms with Gasteiger partial charge in [-0.15, -0.1) is 0 Å². The highest BCUT2D eigenvalue weighted by Crippen LogP contribution is 2.25. The van der Waals surface area contributed by atoms with Crippen molar-refractivity contribution in [1.29, 1.82) is 0 Å². The number of carbonyl (C=O) groups excluding carboxylic acids is 1. The molecule has 1 unspecified atom stereocenters. The molecule has 0 aliphatic rings. The summed E-state index contributed by atoms with van der Waals surface area (Å²) in [5.74, 6) is -0.190. The van der Waals surface area contributed by atoms with Crippen molar-refractivity contribution in [2.24, 2.45) is 0 Å². The Morgan fingerprint density at radius 3 is 2.23 bits per heavy atom. The molecule has 122 valence electrons. The Hall–Kier alpha value is -2.28. The zero-order valence-corrected chi connectivity index (χ0v) is 13.0. The van der Waals surface area contributed by atoms with Crippen LogP contribution in [0.15, 0.2) is 18.2 Å². The fourth-order valence-corrected chi connectivity index (χ4v) is 1.90. The molecule has 0 fully saturated rings. The molecular weight excluding hydrogens is 288 g/mol. The summed E-state index contributed by atoms with van der Waals surface area (Å²) in [6, 6.07) is 4.27. The van der Waals surface area contributed by atoms with Gasteiger partial charge in [0.05, 0.1) is 20.8 Å². The van der Waals surface area contributed by atoms with Gasteiger partial charge in [-0.1, -0.05) is 13.3 Å². The van der Waals surface area contributed by atoms with Crippen LogP contribution in [-0.2, 0) is 9.59 Å². The van der Waals surface area contributed by atoms with E-state index in [4.69, 9.17) is 14.6 Å². The van der Waals surface area contributed by atoms with Gasteiger partial charge >= 0.3 is 5.97 Å². The Bertz CT molecular complexity index is 496. The van der Waals surface area contributed by atoms with Crippen molar-refractivity contribution in [3.05, 3.63) is 18.2 Å². The minimum Gasteiger partial charge on any atom is -0.497 e. The molecule has 0 saturated heterocycles. The van der Waals surface area contributed by atoms with E-state index in [1.807, 2.05) is 6.92 Å². The predicted octanol–water partition coefficient (Wildman–Crippen LogP) is 1.49. The van der Waals surface area contributed by atoms with Crippen molar-refractivity contribution in [2.75, 3.05) is 26.1 Å². The molecule has 7 nitrogen and oxygen atoms in total. The molecule has 7 heteroatoms. The van der Waals surface area contributed by atoms with Gasteiger partial charge < -0.3 is 19.9 Å². The van der Waals surface area contributed by atoms with E-state index in [2.05, 4.69) is 10.6 Å². The summed E-state index contributed by atoms with van der Waals surface area (Å²) in [5, 5.41) is 14.4. The van der Waals surface area contributed by atoms with Crippen molar-refractivity contribution in [2.45, 2.75) is 25.8 Å². The summed E-state index contributed by atoms with van der Waals surface area (Å²) in [7, 11) is 3.04. The maximum absolute atomic E-state index is 11.9. The molecular formula is C15H22N2O5. The maximum atomic E-state index is 11.9. The molecule has 1 aromatic rings. The van der Waals surface area contributed by atoms with Crippen molar-refractivity contribution in [3.8, 4) is 11.5 Å². The highest BCUT2D eigenvalue weighted by Gasteiger charge is 2.16. The van der Waals surface area contributed by atoms with Gasteiger partial charge in [0, 0.05) is 23.9 Å². The quantitative estimate of drug-likeness (QED) is 0.639. The van der Waals surface area contributed by atoms with Gasteiger partial charge in [-0.3, -0.25) is 14.9 Å². The van der Waals surface area contributed by atoms with Crippen LogP contribution in [0.2, 0.25) is 0 Å². The number of hydrogen-bond acceptors (Lipinski definition) is 5. The van der Waals surface area contributed by atoms with Crippen LogP contribution in [0.5, 0.6) is 11.5 Å². The molecule has 0 bridgehead atoms. The summed E-state index contributed by atoms with van der Waals surface area (Å²) in [6.07, 6.45) is 1.19. The van der Waals surface area contributed by atoms with Gasteiger partial charge in [-0.25, -0.2) is 0 Å². The molecule has 0 saturated carbocycles. The number of amides is 1. The van der Waals surface area contributed by atoms with Gasteiger partial charge in [-0.2, -0.15) is 0 Å². The smallest absolute Gasteiger partial charge is 0.320 e. The van der Waals surface area contributed by atoms with Crippen molar-refractivity contribution in [3.63, 3.8) is 0 Å². The average Bonchev–Trinajstić information content (AvgIpc) is 2.50. The highest BCUT2D eigenvalue weighted by molar-refractivity contribution is 5.93. The minimum absolute atomic E-state index is 0.0868. The maximum Gasteiger partial charge on any atom is 0.320 e. The van der Waals surface area contributed by atoms with E-state index < -0.39 is 12.0 Å². The van der Waals surface area contributed by atoms with Crippen molar-refractivity contribution in [1.82, 2.24) is 5.32 Å². The lowest BCUT2D eigenvalue weighted by molar-refractivity contribution is -0.139. The van der Waals surface area contributed by atoms with Crippen LogP contribution in [0, 0.1) is 0 Å². The second-order valence-electron chi connectivity index (χ2n) is 4.71. The highest BCUT2D eigenvalue weighted by atomic mass is 16.5. The van der Waals surface area contributed by atoms with E-state index in [9.17, 15) is 9.59 Å². The fourth-order valence-electron chi connectivity index (χ4n) is 1.90. The lowest BCUT2D eigenvalue weighted by Gasteiger charge is -2.14. The molecule has 0 heterocycles. The second kappa shape index (κ2) is 8.89. The Kier molecular flexibility index (Phi) is 7.18. The van der Waals surface area contributed by atoms with E-state index in [-0.39, 0.29) is 12.5 Å². The predicted molar refractivity (Wildman–Crippen MR) is 82.5 cm³/mol. The summed E-state index contributed by atoms with van der Waals surface area (Å²) < 4.78 is 10.2. The Morgan fingerprint density at radius 2 is 1.77 bits per heavy atom. The summed E-state index contributed by atoms with van der Waals surface area (Å²) in [6.45, 7) is 1.80. The van der Waals surface area contributed by atoms with Crippen LogP contribution in [0.4, 0.5) is 5.69 Å². The van der Waals surface area contributed by atoms with E-state index >= 15 is 0 Å². The summed E-state index contributed by atoms with van der Waals surface area (Å²) >= 11 is 0. The molecule has 1 atom stereocenters. The number of ether oxygens (including phenoxy) is 2. The third-order valence-electron chi connectivity index (χ3n) is 3.02. The number of aliphatic carboxylic acids is 1. The number of nitrogens with one attached hydrogen (secondary N) is 2. The van der Waals surface area contributed by atoms with Gasteiger partial charge in [0.25, 0.3) is 0 Å². The van der Waals surface area contributed by atoms with Crippen LogP contribution >= 0.6 is 0 Å². The first-order chi connectivity index (χ1) is 10.5. The number of benzene rings is 1. The Labute approximate surface area is 129 Å². The van der Waals surface area contributed by atoms with Crippen LogP contribution in [0.3, 0.4) is 0 Å². The molecule has 1 rings (SSSR count). The number of anilines is 1. The first kappa shape index (κ1) is 17.8. The second-order valence-corrected chi connectivity index (χ2v) is 4.71. The average molecular weight is 310 g/mol. The first-order valence-corrected chi connectivity index (χ1v) is 6.99. The van der Waals surface area contributed by atoms with Gasteiger partial charge in [0.15, 0.2) is 0 Å². The lowest BCUT2D eigenvalue weighted by atomic mass is 10.1. The monoisotopic (exact) mass is 310 g/mol.